The molecule has 0 spiro atoms. The summed E-state index contributed by atoms with van der Waals surface area (Å²) in [4.78, 5) is 2.30. The molecule has 2 atom stereocenters. The lowest BCUT2D eigenvalue weighted by atomic mass is 9.95. The van der Waals surface area contributed by atoms with Crippen LogP contribution in [0, 0.1) is 11.8 Å². The highest BCUT2D eigenvalue weighted by Crippen LogP contribution is 2.20. The highest BCUT2D eigenvalue weighted by atomic mass is 15.1. The average Bonchev–Trinajstić information content (AvgIpc) is 2.13. The van der Waals surface area contributed by atoms with Gasteiger partial charge < -0.3 is 4.90 Å². The topological polar surface area (TPSA) is 3.24 Å². The standard InChI is InChI=1S/C10H19N/c1-4-10-7-9(2)5-6-11(3)8-10/h5-6,9-10H,4,7-8H2,1-3H3. The van der Waals surface area contributed by atoms with Gasteiger partial charge in [-0.05, 0) is 24.5 Å². The van der Waals surface area contributed by atoms with Gasteiger partial charge in [0.05, 0.1) is 0 Å². The third kappa shape index (κ3) is 2.57. The molecule has 1 heteroatoms. The second-order valence-corrected chi connectivity index (χ2v) is 3.77. The third-order valence-corrected chi connectivity index (χ3v) is 2.50. The Morgan fingerprint density at radius 3 is 2.91 bits per heavy atom. The van der Waals surface area contributed by atoms with Crippen LogP contribution in [0.15, 0.2) is 12.3 Å². The molecule has 64 valence electrons. The fourth-order valence-corrected chi connectivity index (χ4v) is 1.74. The van der Waals surface area contributed by atoms with Gasteiger partial charge in [0.15, 0.2) is 0 Å². The molecule has 0 radical (unpaired) electrons. The number of rotatable bonds is 1. The van der Waals surface area contributed by atoms with Crippen LogP contribution in [-0.4, -0.2) is 18.5 Å². The largest absolute Gasteiger partial charge is 0.380 e. The normalized spacial score (nSPS) is 32.1. The summed E-state index contributed by atoms with van der Waals surface area (Å²) in [5, 5.41) is 0. The lowest BCUT2D eigenvalue weighted by Gasteiger charge is -2.19. The van der Waals surface area contributed by atoms with Crippen molar-refractivity contribution in [3.05, 3.63) is 12.3 Å². The van der Waals surface area contributed by atoms with E-state index < -0.39 is 0 Å². The van der Waals surface area contributed by atoms with Gasteiger partial charge in [0.2, 0.25) is 0 Å². The minimum atomic E-state index is 0.768. The van der Waals surface area contributed by atoms with Crippen LogP contribution in [0.4, 0.5) is 0 Å². The van der Waals surface area contributed by atoms with Crippen molar-refractivity contribution in [3.8, 4) is 0 Å². The summed E-state index contributed by atoms with van der Waals surface area (Å²) in [7, 11) is 2.16. The minimum Gasteiger partial charge on any atom is -0.380 e. The zero-order chi connectivity index (χ0) is 8.27. The Bertz CT molecular complexity index is 126. The van der Waals surface area contributed by atoms with E-state index in [4.69, 9.17) is 0 Å². The van der Waals surface area contributed by atoms with Gasteiger partial charge >= 0.3 is 0 Å². The van der Waals surface area contributed by atoms with E-state index in [0.29, 0.717) is 0 Å². The van der Waals surface area contributed by atoms with Gasteiger partial charge in [-0.25, -0.2) is 0 Å². The van der Waals surface area contributed by atoms with Crippen LogP contribution in [0.25, 0.3) is 0 Å². The molecule has 0 amide bonds. The Labute approximate surface area is 70.1 Å². The Kier molecular flexibility index (Phi) is 2.98. The summed E-state index contributed by atoms with van der Waals surface area (Å²) in [5.41, 5.74) is 0. The summed E-state index contributed by atoms with van der Waals surface area (Å²) in [5.74, 6) is 1.66. The monoisotopic (exact) mass is 153 g/mol. The van der Waals surface area contributed by atoms with Gasteiger partial charge in [0, 0.05) is 13.6 Å². The molecule has 1 rings (SSSR count). The van der Waals surface area contributed by atoms with E-state index in [1.807, 2.05) is 0 Å². The predicted molar refractivity (Wildman–Crippen MR) is 49.3 cm³/mol. The molecule has 1 heterocycles. The SMILES string of the molecule is CCC1CC(C)C=CN(C)C1. The molecule has 0 saturated heterocycles. The van der Waals surface area contributed by atoms with Gasteiger partial charge in [0.1, 0.15) is 0 Å². The molecule has 0 aromatic heterocycles. The van der Waals surface area contributed by atoms with Crippen molar-refractivity contribution in [1.29, 1.82) is 0 Å². The Hall–Kier alpha value is -0.460. The molecule has 1 aliphatic rings. The van der Waals surface area contributed by atoms with Crippen LogP contribution < -0.4 is 0 Å². The van der Waals surface area contributed by atoms with Crippen molar-refractivity contribution in [2.24, 2.45) is 11.8 Å². The second kappa shape index (κ2) is 3.80. The van der Waals surface area contributed by atoms with E-state index in [1.54, 1.807) is 0 Å². The van der Waals surface area contributed by atoms with E-state index in [9.17, 15) is 0 Å². The van der Waals surface area contributed by atoms with Crippen molar-refractivity contribution < 1.29 is 0 Å². The first kappa shape index (κ1) is 8.63. The van der Waals surface area contributed by atoms with Crippen LogP contribution in [0.3, 0.4) is 0 Å². The van der Waals surface area contributed by atoms with E-state index in [2.05, 4.69) is 38.1 Å². The maximum Gasteiger partial charge on any atom is 0.0197 e. The first-order valence-electron chi connectivity index (χ1n) is 4.61. The highest BCUT2D eigenvalue weighted by molar-refractivity contribution is 4.90. The van der Waals surface area contributed by atoms with E-state index in [1.165, 1.54) is 19.4 Å². The molecule has 0 aromatic carbocycles. The number of hydrogen-bond acceptors (Lipinski definition) is 1. The summed E-state index contributed by atoms with van der Waals surface area (Å²) >= 11 is 0. The Balaban J connectivity index is 2.51. The zero-order valence-electron chi connectivity index (χ0n) is 7.88. The third-order valence-electron chi connectivity index (χ3n) is 2.50. The van der Waals surface area contributed by atoms with Crippen LogP contribution in [0.1, 0.15) is 26.7 Å². The Morgan fingerprint density at radius 1 is 1.55 bits per heavy atom. The smallest absolute Gasteiger partial charge is 0.0197 e. The van der Waals surface area contributed by atoms with Gasteiger partial charge in [-0.3, -0.25) is 0 Å². The minimum absolute atomic E-state index is 0.768. The molecular formula is C10H19N. The van der Waals surface area contributed by atoms with Gasteiger partial charge in [0.25, 0.3) is 0 Å². The van der Waals surface area contributed by atoms with Crippen LogP contribution in [0.2, 0.25) is 0 Å². The van der Waals surface area contributed by atoms with Crippen LogP contribution in [-0.2, 0) is 0 Å². The lowest BCUT2D eigenvalue weighted by Crippen LogP contribution is -2.19. The molecule has 2 unspecified atom stereocenters. The van der Waals surface area contributed by atoms with E-state index in [-0.39, 0.29) is 0 Å². The second-order valence-electron chi connectivity index (χ2n) is 3.77. The predicted octanol–water partition coefficient (Wildman–Crippen LogP) is 2.50. The average molecular weight is 153 g/mol. The molecule has 0 saturated carbocycles. The van der Waals surface area contributed by atoms with Crippen molar-refractivity contribution in [2.45, 2.75) is 26.7 Å². The molecule has 0 aliphatic carbocycles. The fraction of sp³-hybridized carbons (Fsp3) is 0.800. The summed E-state index contributed by atoms with van der Waals surface area (Å²) in [6.07, 6.45) is 7.21. The molecule has 0 N–H and O–H groups in total. The fourth-order valence-electron chi connectivity index (χ4n) is 1.74. The highest BCUT2D eigenvalue weighted by Gasteiger charge is 2.13. The molecule has 1 aliphatic heterocycles. The maximum atomic E-state index is 2.32. The first-order chi connectivity index (χ1) is 5.22. The first-order valence-corrected chi connectivity index (χ1v) is 4.61. The summed E-state index contributed by atoms with van der Waals surface area (Å²) in [6.45, 7) is 5.83. The Morgan fingerprint density at radius 2 is 2.27 bits per heavy atom. The summed E-state index contributed by atoms with van der Waals surface area (Å²) in [6, 6.07) is 0. The molecule has 0 aromatic rings. The van der Waals surface area contributed by atoms with Crippen LogP contribution >= 0.6 is 0 Å². The molecule has 1 nitrogen and oxygen atoms in total. The summed E-state index contributed by atoms with van der Waals surface area (Å²) < 4.78 is 0. The number of nitrogens with zero attached hydrogens (tertiary/aromatic N) is 1. The van der Waals surface area contributed by atoms with E-state index >= 15 is 0 Å². The maximum absolute atomic E-state index is 2.32. The van der Waals surface area contributed by atoms with E-state index in [0.717, 1.165) is 11.8 Å². The number of allylic oxidation sites excluding steroid dienone is 1. The quantitative estimate of drug-likeness (QED) is 0.559. The molecule has 11 heavy (non-hydrogen) atoms. The lowest BCUT2D eigenvalue weighted by molar-refractivity contribution is 0.330. The number of hydrogen-bond donors (Lipinski definition) is 0. The molecule has 0 bridgehead atoms. The van der Waals surface area contributed by atoms with Crippen molar-refractivity contribution in [3.63, 3.8) is 0 Å². The van der Waals surface area contributed by atoms with Crippen LogP contribution in [0.5, 0.6) is 0 Å². The van der Waals surface area contributed by atoms with Crippen molar-refractivity contribution in [1.82, 2.24) is 4.90 Å². The van der Waals surface area contributed by atoms with Gasteiger partial charge in [-0.1, -0.05) is 26.3 Å². The van der Waals surface area contributed by atoms with Crippen molar-refractivity contribution >= 4 is 0 Å². The molecule has 0 fully saturated rings. The zero-order valence-corrected chi connectivity index (χ0v) is 7.88. The molecular weight excluding hydrogens is 134 g/mol. The van der Waals surface area contributed by atoms with Gasteiger partial charge in [-0.15, -0.1) is 0 Å². The van der Waals surface area contributed by atoms with Crippen molar-refractivity contribution in [2.75, 3.05) is 13.6 Å². The van der Waals surface area contributed by atoms with Gasteiger partial charge in [-0.2, -0.15) is 0 Å².